The summed E-state index contributed by atoms with van der Waals surface area (Å²) in [5.74, 6) is 1.24. The number of carbonyl (C=O) groups is 1. The number of nitrogens with two attached hydrogens (primary N) is 1. The molecule has 3 N–H and O–H groups in total. The van der Waals surface area contributed by atoms with Gasteiger partial charge in [-0.1, -0.05) is 6.07 Å². The molecule has 0 aliphatic heterocycles. The summed E-state index contributed by atoms with van der Waals surface area (Å²) in [5, 5.41) is 11.2. The van der Waals surface area contributed by atoms with Gasteiger partial charge in [-0.15, -0.1) is 10.2 Å². The molecular formula is C14H19N5O. The third kappa shape index (κ3) is 2.65. The molecule has 1 fully saturated rings. The van der Waals surface area contributed by atoms with E-state index in [0.717, 1.165) is 24.3 Å². The van der Waals surface area contributed by atoms with E-state index >= 15 is 0 Å². The van der Waals surface area contributed by atoms with Gasteiger partial charge >= 0.3 is 0 Å². The lowest BCUT2D eigenvalue weighted by molar-refractivity contribution is -0.122. The van der Waals surface area contributed by atoms with Gasteiger partial charge in [-0.25, -0.2) is 0 Å². The second-order valence-electron chi connectivity index (χ2n) is 5.48. The maximum Gasteiger partial charge on any atom is 0.222 e. The number of nitrogens with one attached hydrogen (secondary N) is 1. The summed E-state index contributed by atoms with van der Waals surface area (Å²) in [5.41, 5.74) is 6.75. The monoisotopic (exact) mass is 273 g/mol. The predicted molar refractivity (Wildman–Crippen MR) is 74.9 cm³/mol. The van der Waals surface area contributed by atoms with Crippen molar-refractivity contribution in [2.75, 3.05) is 0 Å². The van der Waals surface area contributed by atoms with Crippen molar-refractivity contribution < 1.29 is 4.79 Å². The Morgan fingerprint density at radius 2 is 2.30 bits per heavy atom. The van der Waals surface area contributed by atoms with E-state index < -0.39 is 0 Å². The van der Waals surface area contributed by atoms with Gasteiger partial charge in [-0.2, -0.15) is 0 Å². The van der Waals surface area contributed by atoms with Gasteiger partial charge in [0, 0.05) is 18.7 Å². The van der Waals surface area contributed by atoms with E-state index in [9.17, 15) is 4.79 Å². The number of fused-ring (bicyclic) bond motifs is 1. The Bertz CT molecular complexity index is 619. The van der Waals surface area contributed by atoms with Gasteiger partial charge in [0.1, 0.15) is 0 Å². The van der Waals surface area contributed by atoms with Gasteiger partial charge in [0.25, 0.3) is 0 Å². The lowest BCUT2D eigenvalue weighted by atomic mass is 10.1. The highest BCUT2D eigenvalue weighted by molar-refractivity contribution is 5.77. The molecular weight excluding hydrogens is 254 g/mol. The standard InChI is InChI=1S/C14H19N5O/c1-9(16-13(20)8-11(15)10-5-6-10)14-18-17-12-4-2-3-7-19(12)14/h2-4,7,9-11H,5-6,8,15H2,1H3,(H,16,20). The Balaban J connectivity index is 1.66. The lowest BCUT2D eigenvalue weighted by Crippen LogP contribution is -2.34. The van der Waals surface area contributed by atoms with Gasteiger partial charge < -0.3 is 11.1 Å². The first-order valence-electron chi connectivity index (χ1n) is 7.00. The molecule has 20 heavy (non-hydrogen) atoms. The molecule has 1 aliphatic carbocycles. The van der Waals surface area contributed by atoms with Crippen LogP contribution in [0.5, 0.6) is 0 Å². The predicted octanol–water partition coefficient (Wildman–Crippen LogP) is 1.03. The molecule has 2 aromatic heterocycles. The molecule has 106 valence electrons. The second-order valence-corrected chi connectivity index (χ2v) is 5.48. The largest absolute Gasteiger partial charge is 0.346 e. The van der Waals surface area contributed by atoms with E-state index in [1.807, 2.05) is 35.7 Å². The summed E-state index contributed by atoms with van der Waals surface area (Å²) in [6, 6.07) is 5.50. The summed E-state index contributed by atoms with van der Waals surface area (Å²) in [6.45, 7) is 1.91. The Morgan fingerprint density at radius 3 is 3.05 bits per heavy atom. The Labute approximate surface area is 117 Å². The zero-order valence-corrected chi connectivity index (χ0v) is 11.5. The van der Waals surface area contributed by atoms with Crippen molar-refractivity contribution in [3.63, 3.8) is 0 Å². The molecule has 1 amide bonds. The number of nitrogens with zero attached hydrogens (tertiary/aromatic N) is 3. The van der Waals surface area contributed by atoms with Crippen LogP contribution in [0.25, 0.3) is 5.65 Å². The third-order valence-electron chi connectivity index (χ3n) is 3.75. The summed E-state index contributed by atoms with van der Waals surface area (Å²) in [7, 11) is 0. The van der Waals surface area contributed by atoms with Gasteiger partial charge in [0.2, 0.25) is 5.91 Å². The molecule has 0 radical (unpaired) electrons. The fraction of sp³-hybridized carbons (Fsp3) is 0.500. The van der Waals surface area contributed by atoms with Gasteiger partial charge in [0.15, 0.2) is 11.5 Å². The zero-order chi connectivity index (χ0) is 14.1. The van der Waals surface area contributed by atoms with Crippen LogP contribution in [0.15, 0.2) is 24.4 Å². The van der Waals surface area contributed by atoms with Crippen LogP contribution in [0.4, 0.5) is 0 Å². The number of hydrogen-bond acceptors (Lipinski definition) is 4. The number of pyridine rings is 1. The maximum atomic E-state index is 12.0. The van der Waals surface area contributed by atoms with Crippen molar-refractivity contribution in [3.8, 4) is 0 Å². The molecule has 6 heteroatoms. The summed E-state index contributed by atoms with van der Waals surface area (Å²) < 4.78 is 1.88. The molecule has 0 spiro atoms. The number of rotatable bonds is 5. The molecule has 0 bridgehead atoms. The normalized spacial score (nSPS) is 17.9. The van der Waals surface area contributed by atoms with Crippen molar-refractivity contribution in [2.45, 2.75) is 38.3 Å². The number of aromatic nitrogens is 3. The number of hydrogen-bond donors (Lipinski definition) is 2. The summed E-state index contributed by atoms with van der Waals surface area (Å²) in [4.78, 5) is 12.0. The first-order chi connectivity index (χ1) is 9.65. The minimum absolute atomic E-state index is 0.0163. The molecule has 0 saturated heterocycles. The second kappa shape index (κ2) is 5.20. The molecule has 2 aromatic rings. The van der Waals surface area contributed by atoms with Crippen LogP contribution < -0.4 is 11.1 Å². The van der Waals surface area contributed by atoms with E-state index in [4.69, 9.17) is 5.73 Å². The quantitative estimate of drug-likeness (QED) is 0.852. The van der Waals surface area contributed by atoms with Crippen molar-refractivity contribution in [1.29, 1.82) is 0 Å². The molecule has 1 aliphatic rings. The zero-order valence-electron chi connectivity index (χ0n) is 11.5. The average molecular weight is 273 g/mol. The van der Waals surface area contributed by atoms with Crippen LogP contribution >= 0.6 is 0 Å². The van der Waals surface area contributed by atoms with Crippen LogP contribution in [-0.4, -0.2) is 26.5 Å². The molecule has 1 saturated carbocycles. The SMILES string of the molecule is CC(NC(=O)CC(N)C1CC1)c1nnc2ccccn12. The number of amides is 1. The van der Waals surface area contributed by atoms with Gasteiger partial charge in [-0.05, 0) is 37.8 Å². The van der Waals surface area contributed by atoms with Crippen molar-refractivity contribution >= 4 is 11.6 Å². The smallest absolute Gasteiger partial charge is 0.222 e. The van der Waals surface area contributed by atoms with E-state index in [0.29, 0.717) is 12.3 Å². The van der Waals surface area contributed by atoms with Gasteiger partial charge in [-0.3, -0.25) is 9.20 Å². The van der Waals surface area contributed by atoms with E-state index in [1.165, 1.54) is 0 Å². The van der Waals surface area contributed by atoms with Crippen LogP contribution in [0.3, 0.4) is 0 Å². The fourth-order valence-electron chi connectivity index (χ4n) is 2.43. The molecule has 2 atom stereocenters. The van der Waals surface area contributed by atoms with Crippen molar-refractivity contribution in [1.82, 2.24) is 19.9 Å². The van der Waals surface area contributed by atoms with Crippen LogP contribution in [0.2, 0.25) is 0 Å². The van der Waals surface area contributed by atoms with E-state index in [2.05, 4.69) is 15.5 Å². The van der Waals surface area contributed by atoms with E-state index in [1.54, 1.807) is 0 Å². The van der Waals surface area contributed by atoms with Crippen LogP contribution in [-0.2, 0) is 4.79 Å². The van der Waals surface area contributed by atoms with Gasteiger partial charge in [0.05, 0.1) is 6.04 Å². The Morgan fingerprint density at radius 1 is 1.50 bits per heavy atom. The fourth-order valence-corrected chi connectivity index (χ4v) is 2.43. The van der Waals surface area contributed by atoms with Crippen LogP contribution in [0, 0.1) is 5.92 Å². The Kier molecular flexibility index (Phi) is 3.40. The summed E-state index contributed by atoms with van der Waals surface area (Å²) >= 11 is 0. The van der Waals surface area contributed by atoms with Crippen molar-refractivity contribution in [2.24, 2.45) is 11.7 Å². The molecule has 0 aromatic carbocycles. The molecule has 2 heterocycles. The Hall–Kier alpha value is -1.95. The highest BCUT2D eigenvalue weighted by Crippen LogP contribution is 2.32. The molecule has 2 unspecified atom stereocenters. The minimum Gasteiger partial charge on any atom is -0.346 e. The average Bonchev–Trinajstić information content (AvgIpc) is 3.18. The molecule has 6 nitrogen and oxygen atoms in total. The van der Waals surface area contributed by atoms with Crippen LogP contribution in [0.1, 0.15) is 38.1 Å². The topological polar surface area (TPSA) is 85.3 Å². The number of carbonyl (C=O) groups excluding carboxylic acids is 1. The van der Waals surface area contributed by atoms with E-state index in [-0.39, 0.29) is 18.0 Å². The first-order valence-corrected chi connectivity index (χ1v) is 7.00. The third-order valence-corrected chi connectivity index (χ3v) is 3.75. The highest BCUT2D eigenvalue weighted by atomic mass is 16.1. The molecule has 3 rings (SSSR count). The summed E-state index contributed by atoms with van der Waals surface area (Å²) in [6.07, 6.45) is 4.58. The lowest BCUT2D eigenvalue weighted by Gasteiger charge is -2.15. The maximum absolute atomic E-state index is 12.0. The van der Waals surface area contributed by atoms with Crippen molar-refractivity contribution in [3.05, 3.63) is 30.2 Å². The first kappa shape index (κ1) is 13.1. The highest BCUT2D eigenvalue weighted by Gasteiger charge is 2.30. The minimum atomic E-state index is -0.189.